The summed E-state index contributed by atoms with van der Waals surface area (Å²) in [7, 11) is -3.08. The minimum Gasteiger partial charge on any atom is -0.329 e. The van der Waals surface area contributed by atoms with Crippen LogP contribution in [0.3, 0.4) is 0 Å². The Bertz CT molecular complexity index is 458. The van der Waals surface area contributed by atoms with Gasteiger partial charge >= 0.3 is 0 Å². The Morgan fingerprint density at radius 1 is 1.31 bits per heavy atom. The molecule has 5 heteroatoms. The molecule has 0 aliphatic rings. The number of hydrogen-bond acceptors (Lipinski definition) is 3. The first-order chi connectivity index (χ1) is 7.25. The highest BCUT2D eigenvalue weighted by Gasteiger charge is 2.21. The molecule has 0 radical (unpaired) electrons. The summed E-state index contributed by atoms with van der Waals surface area (Å²) in [6, 6.07) is 0.236. The summed E-state index contributed by atoms with van der Waals surface area (Å²) >= 11 is 0. The number of hydrogen-bond donors (Lipinski definition) is 0. The summed E-state index contributed by atoms with van der Waals surface area (Å²) in [4.78, 5) is 4.19. The molecule has 0 aliphatic heterocycles. The van der Waals surface area contributed by atoms with E-state index in [2.05, 4.69) is 4.98 Å². The average molecular weight is 244 g/mol. The fourth-order valence-electron chi connectivity index (χ4n) is 1.65. The highest BCUT2D eigenvalue weighted by molar-refractivity contribution is 7.91. The van der Waals surface area contributed by atoms with Crippen molar-refractivity contribution in [2.45, 2.75) is 51.7 Å². The Labute approximate surface area is 97.6 Å². The van der Waals surface area contributed by atoms with Gasteiger partial charge in [0.05, 0.1) is 5.25 Å². The van der Waals surface area contributed by atoms with Gasteiger partial charge in [-0.1, -0.05) is 0 Å². The zero-order valence-corrected chi connectivity index (χ0v) is 11.4. The molecule has 0 fully saturated rings. The van der Waals surface area contributed by atoms with Gasteiger partial charge in [0.1, 0.15) is 11.6 Å². The lowest BCUT2D eigenvalue weighted by Crippen LogP contribution is -2.19. The Morgan fingerprint density at radius 2 is 1.88 bits per heavy atom. The Morgan fingerprint density at radius 3 is 2.31 bits per heavy atom. The summed E-state index contributed by atoms with van der Waals surface area (Å²) in [6.45, 7) is 9.40. The van der Waals surface area contributed by atoms with E-state index in [1.165, 1.54) is 0 Å². The van der Waals surface area contributed by atoms with Crippen LogP contribution in [0.4, 0.5) is 0 Å². The van der Waals surface area contributed by atoms with Crippen molar-refractivity contribution in [3.63, 3.8) is 0 Å². The highest BCUT2D eigenvalue weighted by atomic mass is 32.2. The highest BCUT2D eigenvalue weighted by Crippen LogP contribution is 2.16. The molecule has 1 aromatic heterocycles. The molecule has 0 atom stereocenters. The first-order valence-electron chi connectivity index (χ1n) is 5.50. The summed E-state index contributed by atoms with van der Waals surface area (Å²) in [5, 5.41) is -0.356. The predicted octanol–water partition coefficient (Wildman–Crippen LogP) is 2.10. The van der Waals surface area contributed by atoms with Gasteiger partial charge < -0.3 is 4.57 Å². The lowest BCUT2D eigenvalue weighted by atomic mass is 10.3. The SMILES string of the molecule is Cc1cnc(CS(=O)(=O)C(C)C)n1C(C)C. The normalized spacial score (nSPS) is 12.7. The van der Waals surface area contributed by atoms with Crippen LogP contribution in [0.5, 0.6) is 0 Å². The lowest BCUT2D eigenvalue weighted by molar-refractivity contribution is 0.554. The summed E-state index contributed by atoms with van der Waals surface area (Å²) < 4.78 is 25.6. The van der Waals surface area contributed by atoms with Gasteiger partial charge in [-0.25, -0.2) is 13.4 Å². The molecular formula is C11H20N2O2S. The molecule has 0 amide bonds. The molecule has 1 rings (SSSR count). The van der Waals surface area contributed by atoms with E-state index in [1.807, 2.05) is 25.3 Å². The molecule has 0 bridgehead atoms. The molecule has 0 saturated heterocycles. The van der Waals surface area contributed by atoms with Gasteiger partial charge in [0.2, 0.25) is 0 Å². The maximum atomic E-state index is 11.8. The van der Waals surface area contributed by atoms with Crippen LogP contribution in [0.25, 0.3) is 0 Å². The van der Waals surface area contributed by atoms with E-state index in [0.29, 0.717) is 5.82 Å². The van der Waals surface area contributed by atoms with Crippen LogP contribution in [0.15, 0.2) is 6.20 Å². The van der Waals surface area contributed by atoms with Gasteiger partial charge in [-0.2, -0.15) is 0 Å². The molecule has 0 unspecified atom stereocenters. The van der Waals surface area contributed by atoms with Crippen LogP contribution in [0.1, 0.15) is 45.3 Å². The van der Waals surface area contributed by atoms with E-state index < -0.39 is 9.84 Å². The van der Waals surface area contributed by atoms with Crippen LogP contribution in [0.2, 0.25) is 0 Å². The van der Waals surface area contributed by atoms with Crippen molar-refractivity contribution in [2.75, 3.05) is 0 Å². The smallest absolute Gasteiger partial charge is 0.159 e. The van der Waals surface area contributed by atoms with Crippen molar-refractivity contribution in [2.24, 2.45) is 0 Å². The molecule has 0 aliphatic carbocycles. The lowest BCUT2D eigenvalue weighted by Gasteiger charge is -2.15. The van der Waals surface area contributed by atoms with E-state index in [1.54, 1.807) is 20.0 Å². The third-order valence-corrected chi connectivity index (χ3v) is 4.72. The van der Waals surface area contributed by atoms with Gasteiger partial charge in [-0.05, 0) is 34.6 Å². The van der Waals surface area contributed by atoms with Crippen LogP contribution < -0.4 is 0 Å². The van der Waals surface area contributed by atoms with Crippen molar-refractivity contribution >= 4 is 9.84 Å². The number of sulfone groups is 1. The Hall–Kier alpha value is -0.840. The van der Waals surface area contributed by atoms with Crippen molar-refractivity contribution in [3.8, 4) is 0 Å². The van der Waals surface area contributed by atoms with Crippen LogP contribution >= 0.6 is 0 Å². The molecule has 0 saturated carbocycles. The zero-order valence-electron chi connectivity index (χ0n) is 10.6. The van der Waals surface area contributed by atoms with Gasteiger partial charge in [0, 0.05) is 17.9 Å². The Balaban J connectivity index is 3.08. The van der Waals surface area contributed by atoms with E-state index in [-0.39, 0.29) is 17.0 Å². The minimum atomic E-state index is -3.08. The molecule has 0 spiro atoms. The van der Waals surface area contributed by atoms with Crippen LogP contribution in [0, 0.1) is 6.92 Å². The van der Waals surface area contributed by atoms with Crippen molar-refractivity contribution in [1.29, 1.82) is 0 Å². The van der Waals surface area contributed by atoms with Gasteiger partial charge in [-0.15, -0.1) is 0 Å². The summed E-state index contributed by atoms with van der Waals surface area (Å²) in [5.41, 5.74) is 1.00. The first kappa shape index (κ1) is 13.2. The molecule has 0 N–H and O–H groups in total. The predicted molar refractivity (Wildman–Crippen MR) is 65.1 cm³/mol. The van der Waals surface area contributed by atoms with E-state index in [4.69, 9.17) is 0 Å². The minimum absolute atomic E-state index is 0.0245. The van der Waals surface area contributed by atoms with Crippen molar-refractivity contribution < 1.29 is 8.42 Å². The summed E-state index contributed by atoms with van der Waals surface area (Å²) in [6.07, 6.45) is 1.73. The maximum absolute atomic E-state index is 11.8. The number of aryl methyl sites for hydroxylation is 1. The largest absolute Gasteiger partial charge is 0.329 e. The zero-order chi connectivity index (χ0) is 12.5. The monoisotopic (exact) mass is 244 g/mol. The third kappa shape index (κ3) is 2.64. The molecule has 0 aromatic carbocycles. The standard InChI is InChI=1S/C11H20N2O2S/c1-8(2)13-10(5)6-12-11(13)7-16(14,15)9(3)4/h6,8-9H,7H2,1-5H3. The molecule has 92 valence electrons. The average Bonchev–Trinajstić information content (AvgIpc) is 2.45. The van der Waals surface area contributed by atoms with Crippen LogP contribution in [-0.2, 0) is 15.6 Å². The second kappa shape index (κ2) is 4.57. The van der Waals surface area contributed by atoms with Crippen molar-refractivity contribution in [3.05, 3.63) is 17.7 Å². The number of rotatable bonds is 4. The summed E-state index contributed by atoms with van der Waals surface area (Å²) in [5.74, 6) is 0.664. The second-order valence-electron chi connectivity index (χ2n) is 4.64. The number of imidazole rings is 1. The topological polar surface area (TPSA) is 52.0 Å². The fraction of sp³-hybridized carbons (Fsp3) is 0.727. The van der Waals surface area contributed by atoms with E-state index in [0.717, 1.165) is 5.69 Å². The number of aromatic nitrogens is 2. The van der Waals surface area contributed by atoms with Crippen LogP contribution in [-0.4, -0.2) is 23.2 Å². The molecular weight excluding hydrogens is 224 g/mol. The fourth-order valence-corrected chi connectivity index (χ4v) is 2.56. The second-order valence-corrected chi connectivity index (χ2v) is 7.19. The van der Waals surface area contributed by atoms with Gasteiger partial charge in [0.15, 0.2) is 9.84 Å². The van der Waals surface area contributed by atoms with Gasteiger partial charge in [0.25, 0.3) is 0 Å². The van der Waals surface area contributed by atoms with E-state index >= 15 is 0 Å². The molecule has 1 aromatic rings. The third-order valence-electron chi connectivity index (χ3n) is 2.62. The van der Waals surface area contributed by atoms with Crippen molar-refractivity contribution in [1.82, 2.24) is 9.55 Å². The first-order valence-corrected chi connectivity index (χ1v) is 7.21. The molecule has 1 heterocycles. The molecule has 4 nitrogen and oxygen atoms in total. The molecule has 16 heavy (non-hydrogen) atoms. The maximum Gasteiger partial charge on any atom is 0.159 e. The van der Waals surface area contributed by atoms with E-state index in [9.17, 15) is 8.42 Å². The van der Waals surface area contributed by atoms with Gasteiger partial charge in [-0.3, -0.25) is 0 Å². The quantitative estimate of drug-likeness (QED) is 0.815. The number of nitrogens with zero attached hydrogens (tertiary/aromatic N) is 2. The Kier molecular flexibility index (Phi) is 3.78.